The third-order valence-corrected chi connectivity index (χ3v) is 6.10. The number of fused-ring (bicyclic) bond motifs is 3. The number of benzene rings is 2. The molecular weight excluding hydrogens is 471 g/mol. The maximum Gasteiger partial charge on any atom is 0.418 e. The Morgan fingerprint density at radius 1 is 1.00 bits per heavy atom. The van der Waals surface area contributed by atoms with E-state index >= 15 is 0 Å². The largest absolute Gasteiger partial charge is 0.481 e. The second-order valence-electron chi connectivity index (χ2n) is 8.25. The highest BCUT2D eigenvalue weighted by Crippen LogP contribution is 2.37. The first-order chi connectivity index (χ1) is 17.2. The van der Waals surface area contributed by atoms with Gasteiger partial charge in [-0.2, -0.15) is 13.2 Å². The zero-order chi connectivity index (χ0) is 25.6. The predicted octanol–water partition coefficient (Wildman–Crippen LogP) is 5.40. The Morgan fingerprint density at radius 2 is 1.78 bits per heavy atom. The van der Waals surface area contributed by atoms with E-state index in [1.165, 1.54) is 28.4 Å². The molecule has 1 N–H and O–H groups in total. The van der Waals surface area contributed by atoms with Crippen molar-refractivity contribution in [3.05, 3.63) is 77.0 Å². The number of nitrogens with zero attached hydrogens (tertiary/aromatic N) is 4. The molecule has 0 fully saturated rings. The summed E-state index contributed by atoms with van der Waals surface area (Å²) in [5.41, 5.74) is 1.97. The van der Waals surface area contributed by atoms with E-state index in [9.17, 15) is 18.0 Å². The molecule has 0 amide bonds. The highest BCUT2D eigenvalue weighted by atomic mass is 19.4. The van der Waals surface area contributed by atoms with Gasteiger partial charge in [-0.05, 0) is 48.9 Å². The number of pyridine rings is 2. The number of rotatable bonds is 5. The molecule has 0 aliphatic heterocycles. The Hall–Kier alpha value is -4.34. The zero-order valence-corrected chi connectivity index (χ0v) is 19.7. The van der Waals surface area contributed by atoms with Crippen molar-refractivity contribution in [2.75, 3.05) is 19.0 Å². The van der Waals surface area contributed by atoms with E-state index in [2.05, 4.69) is 15.3 Å². The van der Waals surface area contributed by atoms with Crippen LogP contribution in [0.4, 0.5) is 18.9 Å². The van der Waals surface area contributed by atoms with Crippen LogP contribution >= 0.6 is 0 Å². The van der Waals surface area contributed by atoms with Gasteiger partial charge in [-0.3, -0.25) is 14.1 Å². The monoisotopic (exact) mass is 493 g/mol. The van der Waals surface area contributed by atoms with Crippen molar-refractivity contribution in [1.82, 2.24) is 19.1 Å². The summed E-state index contributed by atoms with van der Waals surface area (Å²) >= 11 is 0. The third kappa shape index (κ3) is 3.84. The van der Waals surface area contributed by atoms with Crippen LogP contribution in [0.25, 0.3) is 38.8 Å². The number of aryl methyl sites for hydroxylation is 1. The van der Waals surface area contributed by atoms with E-state index in [-0.39, 0.29) is 11.4 Å². The van der Waals surface area contributed by atoms with Gasteiger partial charge in [-0.15, -0.1) is 0 Å². The summed E-state index contributed by atoms with van der Waals surface area (Å²) in [6.07, 6.45) is -1.37. The SMILES string of the molecule is CCNc1ccc(-n2c(=O)n(C)c3cnc4ccc(-c5ccc(OC)nc5)cc4c32)cc1C(F)(F)F. The van der Waals surface area contributed by atoms with Gasteiger partial charge in [0.1, 0.15) is 0 Å². The molecule has 0 saturated carbocycles. The summed E-state index contributed by atoms with van der Waals surface area (Å²) in [6.45, 7) is 2.05. The predicted molar refractivity (Wildman–Crippen MR) is 133 cm³/mol. The highest BCUT2D eigenvalue weighted by Gasteiger charge is 2.34. The fraction of sp³-hybridized carbons (Fsp3) is 0.192. The molecule has 0 saturated heterocycles. The third-order valence-electron chi connectivity index (χ3n) is 6.10. The van der Waals surface area contributed by atoms with Crippen LogP contribution in [0.3, 0.4) is 0 Å². The minimum absolute atomic E-state index is 0.0390. The van der Waals surface area contributed by atoms with Gasteiger partial charge < -0.3 is 10.1 Å². The average Bonchev–Trinajstić information content (AvgIpc) is 3.14. The van der Waals surface area contributed by atoms with Crippen molar-refractivity contribution < 1.29 is 17.9 Å². The number of hydrogen-bond donors (Lipinski definition) is 1. The lowest BCUT2D eigenvalue weighted by Crippen LogP contribution is -2.21. The van der Waals surface area contributed by atoms with E-state index in [1.807, 2.05) is 24.3 Å². The number of hydrogen-bond acceptors (Lipinski definition) is 5. The number of imidazole rings is 1. The fourth-order valence-corrected chi connectivity index (χ4v) is 4.34. The van der Waals surface area contributed by atoms with Gasteiger partial charge >= 0.3 is 11.9 Å². The van der Waals surface area contributed by atoms with Gasteiger partial charge in [-0.25, -0.2) is 9.78 Å². The van der Waals surface area contributed by atoms with Crippen molar-refractivity contribution in [2.45, 2.75) is 13.1 Å². The minimum Gasteiger partial charge on any atom is -0.481 e. The Labute approximate surface area is 203 Å². The van der Waals surface area contributed by atoms with Crippen LogP contribution in [0, 0.1) is 0 Å². The van der Waals surface area contributed by atoms with Crippen molar-refractivity contribution >= 4 is 27.6 Å². The molecule has 0 radical (unpaired) electrons. The maximum atomic E-state index is 13.9. The Balaban J connectivity index is 1.79. The lowest BCUT2D eigenvalue weighted by molar-refractivity contribution is -0.136. The molecule has 3 heterocycles. The maximum absolute atomic E-state index is 13.9. The molecule has 7 nitrogen and oxygen atoms in total. The number of ether oxygens (including phenoxy) is 1. The summed E-state index contributed by atoms with van der Waals surface area (Å²) < 4.78 is 49.4. The Bertz CT molecular complexity index is 1650. The number of halogens is 3. The molecule has 3 aromatic heterocycles. The number of alkyl halides is 3. The summed E-state index contributed by atoms with van der Waals surface area (Å²) in [5, 5.41) is 3.37. The molecule has 0 spiro atoms. The molecule has 0 aliphatic rings. The van der Waals surface area contributed by atoms with Crippen LogP contribution in [0.15, 0.2) is 65.7 Å². The quantitative estimate of drug-likeness (QED) is 0.355. The first-order valence-corrected chi connectivity index (χ1v) is 11.2. The second kappa shape index (κ2) is 8.71. The molecule has 0 bridgehead atoms. The molecule has 5 aromatic rings. The van der Waals surface area contributed by atoms with Crippen molar-refractivity contribution in [1.29, 1.82) is 0 Å². The van der Waals surface area contributed by atoms with Gasteiger partial charge in [0.2, 0.25) is 5.88 Å². The Morgan fingerprint density at radius 3 is 2.44 bits per heavy atom. The van der Waals surface area contributed by atoms with Gasteiger partial charge in [0.25, 0.3) is 0 Å². The molecule has 0 atom stereocenters. The van der Waals surface area contributed by atoms with Crippen LogP contribution in [-0.2, 0) is 13.2 Å². The zero-order valence-electron chi connectivity index (χ0n) is 19.7. The Kier molecular flexibility index (Phi) is 5.66. The van der Waals surface area contributed by atoms with E-state index in [4.69, 9.17) is 4.74 Å². The number of aromatic nitrogens is 4. The first-order valence-electron chi connectivity index (χ1n) is 11.2. The average molecular weight is 493 g/mol. The standard InChI is InChI=1S/C26H22F3N5O2/c1-4-30-21-9-7-17(12-19(21)26(27,28)29)34-24-18-11-15(16-6-10-23(36-3)32-13-16)5-8-20(18)31-14-22(24)33(2)25(34)35/h5-14,30H,4H2,1-3H3. The van der Waals surface area contributed by atoms with E-state index in [0.29, 0.717) is 34.4 Å². The lowest BCUT2D eigenvalue weighted by atomic mass is 10.0. The van der Waals surface area contributed by atoms with Crippen LogP contribution in [0.5, 0.6) is 5.88 Å². The summed E-state index contributed by atoms with van der Waals surface area (Å²) in [5.74, 6) is 0.474. The number of nitrogens with one attached hydrogen (secondary N) is 1. The molecule has 2 aromatic carbocycles. The molecule has 10 heteroatoms. The number of methoxy groups -OCH3 is 1. The molecule has 0 unspecified atom stereocenters. The topological polar surface area (TPSA) is 74.0 Å². The molecule has 36 heavy (non-hydrogen) atoms. The van der Waals surface area contributed by atoms with Crippen LogP contribution in [-0.4, -0.2) is 32.8 Å². The van der Waals surface area contributed by atoms with E-state index in [0.717, 1.165) is 17.2 Å². The fourth-order valence-electron chi connectivity index (χ4n) is 4.34. The second-order valence-corrected chi connectivity index (χ2v) is 8.25. The summed E-state index contributed by atoms with van der Waals surface area (Å²) in [6, 6.07) is 13.0. The molecule has 5 rings (SSSR count). The molecule has 184 valence electrons. The van der Waals surface area contributed by atoms with Crippen molar-refractivity contribution in [2.24, 2.45) is 7.05 Å². The number of anilines is 1. The van der Waals surface area contributed by atoms with Gasteiger partial charge in [0, 0.05) is 42.5 Å². The van der Waals surface area contributed by atoms with Crippen molar-refractivity contribution in [3.8, 4) is 22.7 Å². The summed E-state index contributed by atoms with van der Waals surface area (Å²) in [7, 11) is 3.10. The highest BCUT2D eigenvalue weighted by molar-refractivity contribution is 6.04. The van der Waals surface area contributed by atoms with Gasteiger partial charge in [-0.1, -0.05) is 6.07 Å². The lowest BCUT2D eigenvalue weighted by Gasteiger charge is -2.16. The van der Waals surface area contributed by atoms with Crippen LogP contribution in [0.2, 0.25) is 0 Å². The van der Waals surface area contributed by atoms with Gasteiger partial charge in [0.05, 0.1) is 41.1 Å². The minimum atomic E-state index is -4.60. The first kappa shape index (κ1) is 23.4. The van der Waals surface area contributed by atoms with Crippen molar-refractivity contribution in [3.63, 3.8) is 0 Å². The van der Waals surface area contributed by atoms with Crippen LogP contribution < -0.4 is 15.7 Å². The molecular formula is C26H22F3N5O2. The van der Waals surface area contributed by atoms with Crippen LogP contribution in [0.1, 0.15) is 12.5 Å². The molecule has 0 aliphatic carbocycles. The normalized spacial score (nSPS) is 11.8. The van der Waals surface area contributed by atoms with Gasteiger partial charge in [0.15, 0.2) is 0 Å². The van der Waals surface area contributed by atoms with E-state index in [1.54, 1.807) is 32.4 Å². The summed E-state index contributed by atoms with van der Waals surface area (Å²) in [4.78, 5) is 22.0. The van der Waals surface area contributed by atoms with E-state index < -0.39 is 17.4 Å². The smallest absolute Gasteiger partial charge is 0.418 e.